The van der Waals surface area contributed by atoms with Gasteiger partial charge in [0.25, 0.3) is 0 Å². The molecule has 274 valence electrons. The van der Waals surface area contributed by atoms with Gasteiger partial charge in [-0.3, -0.25) is 0 Å². The standard InChI is InChI=1S/C57H34O2/c1-3-15-38(16-4-1)57(39-17-5-2-6-18-39)49-34-37(40-29-31-53-54-44(40)22-13-23-45(54)42-20-9-11-24-50(42)59-53)26-28-46(49)55-41-19-8-7-14-35(41)32-47(56(55)57)36-27-30-52-48(33-36)43-21-10-12-25-51(43)58-52/h1-34H. The molecule has 0 saturated carbocycles. The highest BCUT2D eigenvalue weighted by Crippen LogP contribution is 2.61. The molecule has 0 amide bonds. The lowest BCUT2D eigenvalue weighted by atomic mass is 9.65. The number of ether oxygens (including phenoxy) is 1. The minimum atomic E-state index is -0.648. The highest BCUT2D eigenvalue weighted by molar-refractivity contribution is 6.13. The van der Waals surface area contributed by atoms with Crippen LogP contribution in [0.25, 0.3) is 88.0 Å². The predicted octanol–water partition coefficient (Wildman–Crippen LogP) is 15.4. The summed E-state index contributed by atoms with van der Waals surface area (Å²) in [4.78, 5) is 0. The maximum absolute atomic E-state index is 6.54. The Morgan fingerprint density at radius 3 is 1.85 bits per heavy atom. The molecule has 10 aromatic carbocycles. The summed E-state index contributed by atoms with van der Waals surface area (Å²) < 4.78 is 12.9. The van der Waals surface area contributed by atoms with Gasteiger partial charge in [0, 0.05) is 21.7 Å². The van der Waals surface area contributed by atoms with Crippen LogP contribution in [0.3, 0.4) is 0 Å². The Kier molecular flexibility index (Phi) is 6.68. The predicted molar refractivity (Wildman–Crippen MR) is 242 cm³/mol. The van der Waals surface area contributed by atoms with E-state index >= 15 is 0 Å². The maximum Gasteiger partial charge on any atom is 0.135 e. The van der Waals surface area contributed by atoms with Gasteiger partial charge in [0.1, 0.15) is 22.7 Å². The largest absolute Gasteiger partial charge is 0.456 e. The van der Waals surface area contributed by atoms with Crippen molar-refractivity contribution in [3.05, 3.63) is 229 Å². The molecule has 13 rings (SSSR count). The number of hydrogen-bond acceptors (Lipinski definition) is 2. The summed E-state index contributed by atoms with van der Waals surface area (Å²) in [6.45, 7) is 0. The molecular formula is C57H34O2. The van der Waals surface area contributed by atoms with Crippen LogP contribution >= 0.6 is 0 Å². The third-order valence-electron chi connectivity index (χ3n) is 12.9. The van der Waals surface area contributed by atoms with Crippen molar-refractivity contribution >= 4 is 43.5 Å². The first-order valence-electron chi connectivity index (χ1n) is 20.3. The van der Waals surface area contributed by atoms with Crippen molar-refractivity contribution in [3.8, 4) is 56.0 Å². The average molecular weight is 751 g/mol. The van der Waals surface area contributed by atoms with E-state index in [4.69, 9.17) is 9.15 Å². The highest BCUT2D eigenvalue weighted by atomic mass is 16.5. The van der Waals surface area contributed by atoms with Crippen molar-refractivity contribution in [3.63, 3.8) is 0 Å². The van der Waals surface area contributed by atoms with E-state index in [1.165, 1.54) is 77.4 Å². The van der Waals surface area contributed by atoms with Gasteiger partial charge in [-0.15, -0.1) is 0 Å². The lowest BCUT2D eigenvalue weighted by Gasteiger charge is -2.35. The Hall–Kier alpha value is -7.68. The van der Waals surface area contributed by atoms with E-state index in [2.05, 4.69) is 194 Å². The van der Waals surface area contributed by atoms with E-state index in [0.717, 1.165) is 44.4 Å². The van der Waals surface area contributed by atoms with Gasteiger partial charge in [0.15, 0.2) is 0 Å². The Bertz CT molecular complexity index is 3480. The van der Waals surface area contributed by atoms with Crippen LogP contribution in [0.4, 0.5) is 0 Å². The number of furan rings is 1. The van der Waals surface area contributed by atoms with Crippen LogP contribution in [0.5, 0.6) is 11.5 Å². The summed E-state index contributed by atoms with van der Waals surface area (Å²) in [5.41, 5.74) is 15.8. The molecular weight excluding hydrogens is 717 g/mol. The van der Waals surface area contributed by atoms with Gasteiger partial charge in [-0.05, 0) is 120 Å². The molecule has 0 unspecified atom stereocenters. The van der Waals surface area contributed by atoms with Crippen LogP contribution in [-0.2, 0) is 5.41 Å². The van der Waals surface area contributed by atoms with Crippen LogP contribution < -0.4 is 4.74 Å². The van der Waals surface area contributed by atoms with Crippen molar-refractivity contribution in [2.45, 2.75) is 5.41 Å². The number of fused-ring (bicyclic) bond motifs is 10. The number of hydrogen-bond donors (Lipinski definition) is 0. The van der Waals surface area contributed by atoms with Gasteiger partial charge in [-0.2, -0.15) is 0 Å². The third-order valence-corrected chi connectivity index (χ3v) is 12.9. The summed E-state index contributed by atoms with van der Waals surface area (Å²) in [6.07, 6.45) is 0. The molecule has 0 bridgehead atoms. The summed E-state index contributed by atoms with van der Waals surface area (Å²) in [6, 6.07) is 75.4. The maximum atomic E-state index is 6.54. The Morgan fingerprint density at radius 2 is 1.00 bits per heavy atom. The quantitative estimate of drug-likeness (QED) is 0.179. The smallest absolute Gasteiger partial charge is 0.135 e. The van der Waals surface area contributed by atoms with Gasteiger partial charge in [-0.25, -0.2) is 0 Å². The fourth-order valence-corrected chi connectivity index (χ4v) is 10.5. The van der Waals surface area contributed by atoms with Gasteiger partial charge in [-0.1, -0.05) is 164 Å². The van der Waals surface area contributed by atoms with Gasteiger partial charge < -0.3 is 9.15 Å². The van der Waals surface area contributed by atoms with Gasteiger partial charge >= 0.3 is 0 Å². The Labute approximate surface area is 341 Å². The van der Waals surface area contributed by atoms with Crippen molar-refractivity contribution in [1.82, 2.24) is 0 Å². The molecule has 2 aliphatic rings. The second-order valence-corrected chi connectivity index (χ2v) is 15.9. The molecule has 0 N–H and O–H groups in total. The SMILES string of the molecule is c1ccc(C2(c3ccccc3)c3cc(-c4ccc5c6c(cccc46)-c4ccccc4O5)ccc3-c3c2c(-c2ccc4oc5ccccc5c4c2)cc2ccccc32)cc1. The Balaban J connectivity index is 1.15. The van der Waals surface area contributed by atoms with E-state index in [1.54, 1.807) is 0 Å². The van der Waals surface area contributed by atoms with E-state index < -0.39 is 5.41 Å². The molecule has 11 aromatic rings. The molecule has 1 aromatic heterocycles. The van der Waals surface area contributed by atoms with Gasteiger partial charge in [0.05, 0.1) is 5.41 Å². The molecule has 2 heterocycles. The second kappa shape index (κ2) is 12.2. The molecule has 0 spiro atoms. The molecule has 0 fully saturated rings. The number of para-hydroxylation sites is 2. The van der Waals surface area contributed by atoms with Crippen molar-refractivity contribution in [1.29, 1.82) is 0 Å². The van der Waals surface area contributed by atoms with E-state index in [9.17, 15) is 0 Å². The third kappa shape index (κ3) is 4.46. The number of benzene rings is 10. The van der Waals surface area contributed by atoms with E-state index in [-0.39, 0.29) is 0 Å². The molecule has 1 aliphatic heterocycles. The van der Waals surface area contributed by atoms with Crippen LogP contribution in [0.15, 0.2) is 211 Å². The van der Waals surface area contributed by atoms with Crippen molar-refractivity contribution < 1.29 is 9.15 Å². The summed E-state index contributed by atoms with van der Waals surface area (Å²) in [5.74, 6) is 1.79. The average Bonchev–Trinajstić information content (AvgIpc) is 3.83. The van der Waals surface area contributed by atoms with Crippen molar-refractivity contribution in [2.75, 3.05) is 0 Å². The summed E-state index contributed by atoms with van der Waals surface area (Å²) >= 11 is 0. The summed E-state index contributed by atoms with van der Waals surface area (Å²) in [5, 5.41) is 7.05. The first kappa shape index (κ1) is 32.4. The molecule has 0 atom stereocenters. The number of rotatable bonds is 4. The zero-order valence-electron chi connectivity index (χ0n) is 31.9. The van der Waals surface area contributed by atoms with Crippen molar-refractivity contribution in [2.24, 2.45) is 0 Å². The van der Waals surface area contributed by atoms with Crippen LogP contribution in [0, 0.1) is 0 Å². The Morgan fingerprint density at radius 1 is 0.356 bits per heavy atom. The molecule has 59 heavy (non-hydrogen) atoms. The minimum absolute atomic E-state index is 0.648. The molecule has 0 saturated heterocycles. The zero-order valence-corrected chi connectivity index (χ0v) is 31.9. The van der Waals surface area contributed by atoms with Crippen LogP contribution in [-0.4, -0.2) is 0 Å². The molecule has 1 aliphatic carbocycles. The zero-order chi connectivity index (χ0) is 38.7. The minimum Gasteiger partial charge on any atom is -0.456 e. The molecule has 2 heteroatoms. The van der Waals surface area contributed by atoms with Gasteiger partial charge in [0.2, 0.25) is 0 Å². The van der Waals surface area contributed by atoms with Crippen LogP contribution in [0.2, 0.25) is 0 Å². The fourth-order valence-electron chi connectivity index (χ4n) is 10.5. The molecule has 2 nitrogen and oxygen atoms in total. The normalized spacial score (nSPS) is 13.4. The van der Waals surface area contributed by atoms with Crippen LogP contribution in [0.1, 0.15) is 22.3 Å². The van der Waals surface area contributed by atoms with E-state index in [1.807, 2.05) is 12.1 Å². The molecule has 0 radical (unpaired) electrons. The second-order valence-electron chi connectivity index (χ2n) is 15.9. The lowest BCUT2D eigenvalue weighted by molar-refractivity contribution is 0.487. The summed E-state index contributed by atoms with van der Waals surface area (Å²) in [7, 11) is 0. The monoisotopic (exact) mass is 750 g/mol. The first-order chi connectivity index (χ1) is 29.3. The highest BCUT2D eigenvalue weighted by Gasteiger charge is 2.48. The lowest BCUT2D eigenvalue weighted by Crippen LogP contribution is -2.29. The topological polar surface area (TPSA) is 22.4 Å². The first-order valence-corrected chi connectivity index (χ1v) is 20.3. The van der Waals surface area contributed by atoms with E-state index in [0.29, 0.717) is 0 Å². The fraction of sp³-hybridized carbons (Fsp3) is 0.0175.